The molecular weight excluding hydrogens is 402 g/mol. The predicted octanol–water partition coefficient (Wildman–Crippen LogP) is 2.74. The van der Waals surface area contributed by atoms with Crippen LogP contribution in [-0.4, -0.2) is 56.6 Å². The highest BCUT2D eigenvalue weighted by Crippen LogP contribution is 2.25. The van der Waals surface area contributed by atoms with Crippen LogP contribution in [0.5, 0.6) is 0 Å². The fraction of sp³-hybridized carbons (Fsp3) is 0.364. The van der Waals surface area contributed by atoms with E-state index >= 15 is 0 Å². The molecule has 0 aromatic heterocycles. The van der Waals surface area contributed by atoms with Gasteiger partial charge in [0.25, 0.3) is 5.91 Å². The predicted molar refractivity (Wildman–Crippen MR) is 116 cm³/mol. The van der Waals surface area contributed by atoms with Gasteiger partial charge in [0.15, 0.2) is 0 Å². The molecular formula is C22H27N3O4S. The van der Waals surface area contributed by atoms with Gasteiger partial charge in [-0.2, -0.15) is 4.31 Å². The molecule has 1 fully saturated rings. The summed E-state index contributed by atoms with van der Waals surface area (Å²) in [5.41, 5.74) is 2.06. The molecule has 1 heterocycles. The lowest BCUT2D eigenvalue weighted by molar-refractivity contribution is -0.120. The molecule has 8 heteroatoms. The second-order valence-corrected chi connectivity index (χ2v) is 9.70. The van der Waals surface area contributed by atoms with E-state index in [0.717, 1.165) is 5.56 Å². The molecule has 0 radical (unpaired) electrons. The first-order valence-corrected chi connectivity index (χ1v) is 11.3. The average Bonchev–Trinajstić information content (AvgIpc) is 2.73. The Hall–Kier alpha value is -2.71. The van der Waals surface area contributed by atoms with E-state index in [4.69, 9.17) is 0 Å². The normalized spacial score (nSPS) is 15.6. The van der Waals surface area contributed by atoms with Gasteiger partial charge in [0.05, 0.1) is 4.90 Å². The van der Waals surface area contributed by atoms with Gasteiger partial charge in [0.2, 0.25) is 15.9 Å². The topological polar surface area (TPSA) is 86.8 Å². The SMILES string of the molecule is Cc1ccc(S(=O)(=O)N2CCC(C(=O)Nc3cccc(C(=O)N(C)C)c3)CC2)cc1. The number of nitrogens with zero attached hydrogens (tertiary/aromatic N) is 2. The second kappa shape index (κ2) is 8.97. The molecule has 1 N–H and O–H groups in total. The van der Waals surface area contributed by atoms with E-state index in [9.17, 15) is 18.0 Å². The number of benzene rings is 2. The Balaban J connectivity index is 1.61. The summed E-state index contributed by atoms with van der Waals surface area (Å²) in [5, 5.41) is 2.86. The van der Waals surface area contributed by atoms with Crippen LogP contribution in [-0.2, 0) is 14.8 Å². The highest BCUT2D eigenvalue weighted by atomic mass is 32.2. The van der Waals surface area contributed by atoms with Crippen molar-refractivity contribution in [3.8, 4) is 0 Å². The van der Waals surface area contributed by atoms with Crippen molar-refractivity contribution in [1.82, 2.24) is 9.21 Å². The molecule has 1 saturated heterocycles. The number of carbonyl (C=O) groups is 2. The van der Waals surface area contributed by atoms with E-state index in [1.807, 2.05) is 6.92 Å². The molecule has 30 heavy (non-hydrogen) atoms. The number of anilines is 1. The Labute approximate surface area is 177 Å². The number of hydrogen-bond acceptors (Lipinski definition) is 4. The van der Waals surface area contributed by atoms with E-state index < -0.39 is 10.0 Å². The number of sulfonamides is 1. The zero-order chi connectivity index (χ0) is 21.9. The Morgan fingerprint density at radius 3 is 2.27 bits per heavy atom. The monoisotopic (exact) mass is 429 g/mol. The van der Waals surface area contributed by atoms with E-state index in [0.29, 0.717) is 37.2 Å². The first kappa shape index (κ1) is 22.0. The fourth-order valence-electron chi connectivity index (χ4n) is 3.45. The van der Waals surface area contributed by atoms with Crippen molar-refractivity contribution < 1.29 is 18.0 Å². The molecule has 0 unspecified atom stereocenters. The zero-order valence-corrected chi connectivity index (χ0v) is 18.3. The zero-order valence-electron chi connectivity index (χ0n) is 17.5. The third-order valence-corrected chi connectivity index (χ3v) is 7.18. The molecule has 2 aromatic rings. The molecule has 0 bridgehead atoms. The number of aryl methyl sites for hydroxylation is 1. The fourth-order valence-corrected chi connectivity index (χ4v) is 4.92. The summed E-state index contributed by atoms with van der Waals surface area (Å²) in [5.74, 6) is -0.569. The highest BCUT2D eigenvalue weighted by molar-refractivity contribution is 7.89. The molecule has 0 spiro atoms. The highest BCUT2D eigenvalue weighted by Gasteiger charge is 2.32. The van der Waals surface area contributed by atoms with E-state index in [-0.39, 0.29) is 22.6 Å². The molecule has 1 aliphatic heterocycles. The lowest BCUT2D eigenvalue weighted by Gasteiger charge is -2.30. The second-order valence-electron chi connectivity index (χ2n) is 7.76. The maximum absolute atomic E-state index is 12.8. The molecule has 0 aliphatic carbocycles. The number of rotatable bonds is 5. The molecule has 7 nitrogen and oxygen atoms in total. The van der Waals surface area contributed by atoms with Crippen molar-refractivity contribution in [2.45, 2.75) is 24.7 Å². The van der Waals surface area contributed by atoms with Gasteiger partial charge in [0.1, 0.15) is 0 Å². The number of amides is 2. The van der Waals surface area contributed by atoms with Crippen LogP contribution in [0.2, 0.25) is 0 Å². The summed E-state index contributed by atoms with van der Waals surface area (Å²) >= 11 is 0. The quantitative estimate of drug-likeness (QED) is 0.792. The maximum Gasteiger partial charge on any atom is 0.253 e. The molecule has 2 aromatic carbocycles. The summed E-state index contributed by atoms with van der Waals surface area (Å²) in [4.78, 5) is 26.5. The van der Waals surface area contributed by atoms with Gasteiger partial charge in [-0.1, -0.05) is 23.8 Å². The molecule has 0 saturated carbocycles. The van der Waals surface area contributed by atoms with Crippen LogP contribution in [0.1, 0.15) is 28.8 Å². The lowest BCUT2D eigenvalue weighted by atomic mass is 9.97. The lowest BCUT2D eigenvalue weighted by Crippen LogP contribution is -2.41. The van der Waals surface area contributed by atoms with Gasteiger partial charge < -0.3 is 10.2 Å². The van der Waals surface area contributed by atoms with Gasteiger partial charge >= 0.3 is 0 Å². The number of carbonyl (C=O) groups excluding carboxylic acids is 2. The van der Waals surface area contributed by atoms with E-state index in [1.165, 1.54) is 9.21 Å². The average molecular weight is 430 g/mol. The van der Waals surface area contributed by atoms with Crippen molar-refractivity contribution in [3.05, 3.63) is 59.7 Å². The Kier molecular flexibility index (Phi) is 6.58. The minimum atomic E-state index is -3.55. The van der Waals surface area contributed by atoms with Crippen LogP contribution >= 0.6 is 0 Å². The van der Waals surface area contributed by atoms with Crippen LogP contribution in [0.25, 0.3) is 0 Å². The molecule has 2 amide bonds. The van der Waals surface area contributed by atoms with Gasteiger partial charge in [-0.15, -0.1) is 0 Å². The maximum atomic E-state index is 12.8. The molecule has 160 valence electrons. The van der Waals surface area contributed by atoms with Gasteiger partial charge in [-0.25, -0.2) is 8.42 Å². The van der Waals surface area contributed by atoms with Crippen molar-refractivity contribution >= 4 is 27.5 Å². The molecule has 1 aliphatic rings. The standard InChI is InChI=1S/C22H27N3O4S/c1-16-7-9-20(10-8-16)30(28,29)25-13-11-17(12-14-25)21(26)23-19-6-4-5-18(15-19)22(27)24(2)3/h4-10,15,17H,11-14H2,1-3H3,(H,23,26). The number of nitrogens with one attached hydrogen (secondary N) is 1. The minimum Gasteiger partial charge on any atom is -0.345 e. The van der Waals surface area contributed by atoms with Crippen molar-refractivity contribution in [3.63, 3.8) is 0 Å². The van der Waals surface area contributed by atoms with Crippen molar-refractivity contribution in [2.75, 3.05) is 32.5 Å². The van der Waals surface area contributed by atoms with Crippen LogP contribution in [0.4, 0.5) is 5.69 Å². The number of piperidine rings is 1. The van der Waals surface area contributed by atoms with Gasteiger partial charge in [0, 0.05) is 44.4 Å². The van der Waals surface area contributed by atoms with E-state index in [1.54, 1.807) is 62.6 Å². The third-order valence-electron chi connectivity index (χ3n) is 5.27. The van der Waals surface area contributed by atoms with Gasteiger partial charge in [-0.3, -0.25) is 9.59 Å². The summed E-state index contributed by atoms with van der Waals surface area (Å²) in [6, 6.07) is 13.6. The smallest absolute Gasteiger partial charge is 0.253 e. The van der Waals surface area contributed by atoms with Crippen LogP contribution in [0.3, 0.4) is 0 Å². The Bertz CT molecular complexity index is 1020. The summed E-state index contributed by atoms with van der Waals surface area (Å²) in [7, 11) is -0.205. The molecule has 0 atom stereocenters. The van der Waals surface area contributed by atoms with Crippen molar-refractivity contribution in [2.24, 2.45) is 5.92 Å². The molecule has 3 rings (SSSR count). The largest absolute Gasteiger partial charge is 0.345 e. The van der Waals surface area contributed by atoms with Crippen molar-refractivity contribution in [1.29, 1.82) is 0 Å². The minimum absolute atomic E-state index is 0.138. The summed E-state index contributed by atoms with van der Waals surface area (Å²) in [6.45, 7) is 2.51. The van der Waals surface area contributed by atoms with Gasteiger partial charge in [-0.05, 0) is 50.1 Å². The van der Waals surface area contributed by atoms with Crippen LogP contribution in [0, 0.1) is 12.8 Å². The van der Waals surface area contributed by atoms with Crippen LogP contribution in [0.15, 0.2) is 53.4 Å². The Morgan fingerprint density at radius 2 is 1.67 bits per heavy atom. The van der Waals surface area contributed by atoms with Crippen LogP contribution < -0.4 is 5.32 Å². The summed E-state index contributed by atoms with van der Waals surface area (Å²) < 4.78 is 27.1. The first-order valence-electron chi connectivity index (χ1n) is 9.88. The Morgan fingerprint density at radius 1 is 1.03 bits per heavy atom. The first-order chi connectivity index (χ1) is 14.2. The third kappa shape index (κ3) is 4.88. The summed E-state index contributed by atoms with van der Waals surface area (Å²) in [6.07, 6.45) is 0.903. The van der Waals surface area contributed by atoms with E-state index in [2.05, 4.69) is 5.32 Å². The number of hydrogen-bond donors (Lipinski definition) is 1.